The fourth-order valence-electron chi connectivity index (χ4n) is 1.37. The molecule has 2 heterocycles. The first-order valence-electron chi connectivity index (χ1n) is 5.06. The second-order valence-corrected chi connectivity index (χ2v) is 3.54. The summed E-state index contributed by atoms with van der Waals surface area (Å²) in [5.74, 6) is 0.995. The molecule has 0 aromatic carbocycles. The van der Waals surface area contributed by atoms with Crippen LogP contribution in [0.15, 0.2) is 36.7 Å². The summed E-state index contributed by atoms with van der Waals surface area (Å²) in [6.07, 6.45) is 3.26. The summed E-state index contributed by atoms with van der Waals surface area (Å²) < 4.78 is 5.52. The van der Waals surface area contributed by atoms with Crippen LogP contribution in [0.4, 0.5) is 0 Å². The van der Waals surface area contributed by atoms with Crippen molar-refractivity contribution in [2.24, 2.45) is 5.73 Å². The van der Waals surface area contributed by atoms with Crippen LogP contribution in [0.2, 0.25) is 0 Å². The van der Waals surface area contributed by atoms with E-state index in [0.29, 0.717) is 17.2 Å². The maximum atomic E-state index is 7.39. The van der Waals surface area contributed by atoms with Crippen molar-refractivity contribution in [2.75, 3.05) is 0 Å². The van der Waals surface area contributed by atoms with Crippen LogP contribution in [-0.4, -0.2) is 15.8 Å². The molecule has 0 atom stereocenters. The van der Waals surface area contributed by atoms with E-state index in [9.17, 15) is 0 Å². The van der Waals surface area contributed by atoms with Gasteiger partial charge in [-0.15, -0.1) is 0 Å². The Morgan fingerprint density at radius 1 is 1.41 bits per heavy atom. The van der Waals surface area contributed by atoms with E-state index in [1.54, 1.807) is 36.7 Å². The van der Waals surface area contributed by atoms with Crippen LogP contribution in [0, 0.1) is 12.3 Å². The highest BCUT2D eigenvalue weighted by Gasteiger charge is 2.04. The third-order valence-electron chi connectivity index (χ3n) is 2.10. The predicted molar refractivity (Wildman–Crippen MR) is 64.3 cm³/mol. The Hall–Kier alpha value is -2.43. The van der Waals surface area contributed by atoms with Crippen molar-refractivity contribution in [1.29, 1.82) is 5.41 Å². The second kappa shape index (κ2) is 4.61. The second-order valence-electron chi connectivity index (χ2n) is 3.54. The Kier molecular flexibility index (Phi) is 3.00. The number of hydrogen-bond donors (Lipinski definition) is 2. The van der Waals surface area contributed by atoms with Crippen LogP contribution in [-0.2, 0) is 0 Å². The molecule has 0 aliphatic rings. The Balaban J connectivity index is 2.30. The fourth-order valence-corrected chi connectivity index (χ4v) is 1.37. The molecular weight excluding hydrogens is 216 g/mol. The summed E-state index contributed by atoms with van der Waals surface area (Å²) in [5.41, 5.74) is 6.77. The molecule has 0 spiro atoms. The van der Waals surface area contributed by atoms with Crippen molar-refractivity contribution in [3.63, 3.8) is 0 Å². The number of rotatable bonds is 3. The van der Waals surface area contributed by atoms with Gasteiger partial charge in [-0.1, -0.05) is 0 Å². The number of aryl methyl sites for hydroxylation is 1. The minimum atomic E-state index is -0.00784. The van der Waals surface area contributed by atoms with E-state index in [0.717, 1.165) is 5.69 Å². The minimum Gasteiger partial charge on any atom is -0.437 e. The molecule has 86 valence electrons. The van der Waals surface area contributed by atoms with Crippen molar-refractivity contribution >= 4 is 5.84 Å². The van der Waals surface area contributed by atoms with Gasteiger partial charge in [0, 0.05) is 23.5 Å². The van der Waals surface area contributed by atoms with Crippen LogP contribution in [0.3, 0.4) is 0 Å². The predicted octanol–water partition coefficient (Wildman–Crippen LogP) is 1.86. The third-order valence-corrected chi connectivity index (χ3v) is 2.10. The number of nitrogens with two attached hydrogens (primary N) is 1. The summed E-state index contributed by atoms with van der Waals surface area (Å²) in [4.78, 5) is 8.15. The van der Waals surface area contributed by atoms with E-state index in [1.165, 1.54) is 0 Å². The number of amidine groups is 1. The van der Waals surface area contributed by atoms with E-state index < -0.39 is 0 Å². The van der Waals surface area contributed by atoms with Gasteiger partial charge in [0.2, 0.25) is 5.88 Å². The van der Waals surface area contributed by atoms with Gasteiger partial charge in [-0.25, -0.2) is 4.98 Å². The fraction of sp³-hybridized carbons (Fsp3) is 0.0833. The molecule has 0 aliphatic heterocycles. The first kappa shape index (κ1) is 11.1. The topological polar surface area (TPSA) is 84.9 Å². The highest BCUT2D eigenvalue weighted by molar-refractivity contribution is 5.95. The Morgan fingerprint density at radius 3 is 2.88 bits per heavy atom. The third kappa shape index (κ3) is 2.78. The van der Waals surface area contributed by atoms with E-state index in [2.05, 4.69) is 9.97 Å². The van der Waals surface area contributed by atoms with Gasteiger partial charge in [-0.3, -0.25) is 10.4 Å². The smallest absolute Gasteiger partial charge is 0.220 e. The number of ether oxygens (including phenoxy) is 1. The van der Waals surface area contributed by atoms with Gasteiger partial charge in [0.05, 0.1) is 6.20 Å². The lowest BCUT2D eigenvalue weighted by atomic mass is 10.2. The summed E-state index contributed by atoms with van der Waals surface area (Å²) in [5, 5.41) is 7.39. The molecule has 0 aliphatic carbocycles. The van der Waals surface area contributed by atoms with Gasteiger partial charge in [-0.05, 0) is 25.1 Å². The lowest BCUT2D eigenvalue weighted by Gasteiger charge is -2.07. The van der Waals surface area contributed by atoms with Gasteiger partial charge in [0.1, 0.15) is 11.6 Å². The lowest BCUT2D eigenvalue weighted by molar-refractivity contribution is 0.459. The maximum absolute atomic E-state index is 7.39. The van der Waals surface area contributed by atoms with Gasteiger partial charge < -0.3 is 10.5 Å². The Bertz CT molecular complexity index is 539. The number of hydrogen-bond acceptors (Lipinski definition) is 4. The summed E-state index contributed by atoms with van der Waals surface area (Å²) >= 11 is 0. The number of nitrogen functional groups attached to an aromatic ring is 1. The zero-order chi connectivity index (χ0) is 12.3. The van der Waals surface area contributed by atoms with Gasteiger partial charge in [0.25, 0.3) is 0 Å². The number of nitrogens with zero attached hydrogens (tertiary/aromatic N) is 2. The zero-order valence-corrected chi connectivity index (χ0v) is 9.34. The highest BCUT2D eigenvalue weighted by atomic mass is 16.5. The summed E-state index contributed by atoms with van der Waals surface area (Å²) in [7, 11) is 0. The van der Waals surface area contributed by atoms with Crippen LogP contribution < -0.4 is 10.5 Å². The molecule has 0 bridgehead atoms. The molecule has 0 saturated carbocycles. The molecule has 3 N–H and O–H groups in total. The van der Waals surface area contributed by atoms with Crippen molar-refractivity contribution < 1.29 is 4.74 Å². The molecule has 5 heteroatoms. The first-order valence-corrected chi connectivity index (χ1v) is 5.06. The van der Waals surface area contributed by atoms with Crippen LogP contribution in [0.1, 0.15) is 11.3 Å². The SMILES string of the molecule is Cc1cc(C(=N)N)cc(Oc2cccnc2)n1. The molecular formula is C12H12N4O. The van der Waals surface area contributed by atoms with Crippen molar-refractivity contribution in [3.8, 4) is 11.6 Å². The number of aromatic nitrogens is 2. The summed E-state index contributed by atoms with van der Waals surface area (Å²) in [6.45, 7) is 1.82. The van der Waals surface area contributed by atoms with Crippen LogP contribution in [0.25, 0.3) is 0 Å². The molecule has 5 nitrogen and oxygen atoms in total. The first-order chi connectivity index (χ1) is 8.15. The molecule has 2 aromatic rings. The molecule has 0 fully saturated rings. The summed E-state index contributed by atoms with van der Waals surface area (Å²) in [6, 6.07) is 6.92. The largest absolute Gasteiger partial charge is 0.437 e. The molecule has 0 amide bonds. The quantitative estimate of drug-likeness (QED) is 0.620. The average Bonchev–Trinajstić information content (AvgIpc) is 2.29. The minimum absolute atomic E-state index is 0.00784. The Labute approximate surface area is 98.8 Å². The maximum Gasteiger partial charge on any atom is 0.220 e. The van der Waals surface area contributed by atoms with E-state index in [1.807, 2.05) is 6.92 Å². The lowest BCUT2D eigenvalue weighted by Crippen LogP contribution is -2.11. The monoisotopic (exact) mass is 228 g/mol. The molecule has 0 saturated heterocycles. The van der Waals surface area contributed by atoms with Gasteiger partial charge in [0.15, 0.2) is 0 Å². The average molecular weight is 228 g/mol. The van der Waals surface area contributed by atoms with Crippen molar-refractivity contribution in [2.45, 2.75) is 6.92 Å². The zero-order valence-electron chi connectivity index (χ0n) is 9.34. The molecule has 2 rings (SSSR count). The van der Waals surface area contributed by atoms with E-state index >= 15 is 0 Å². The molecule has 0 unspecified atom stereocenters. The van der Waals surface area contributed by atoms with Gasteiger partial charge >= 0.3 is 0 Å². The van der Waals surface area contributed by atoms with Crippen molar-refractivity contribution in [1.82, 2.24) is 9.97 Å². The van der Waals surface area contributed by atoms with E-state index in [4.69, 9.17) is 15.9 Å². The number of pyridine rings is 2. The van der Waals surface area contributed by atoms with Crippen LogP contribution in [0.5, 0.6) is 11.6 Å². The van der Waals surface area contributed by atoms with Crippen molar-refractivity contribution in [3.05, 3.63) is 47.9 Å². The van der Waals surface area contributed by atoms with Crippen LogP contribution >= 0.6 is 0 Å². The molecule has 2 aromatic heterocycles. The number of nitrogens with one attached hydrogen (secondary N) is 1. The Morgan fingerprint density at radius 2 is 2.24 bits per heavy atom. The standard InChI is InChI=1S/C12H12N4O/c1-8-5-9(12(13)14)6-11(16-8)17-10-3-2-4-15-7-10/h2-7H,1H3,(H3,13,14). The highest BCUT2D eigenvalue weighted by Crippen LogP contribution is 2.19. The normalized spacial score (nSPS) is 9.94. The molecule has 0 radical (unpaired) electrons. The van der Waals surface area contributed by atoms with Gasteiger partial charge in [-0.2, -0.15) is 0 Å². The molecule has 17 heavy (non-hydrogen) atoms. The van der Waals surface area contributed by atoms with E-state index in [-0.39, 0.29) is 5.84 Å².